The second kappa shape index (κ2) is 6.89. The van der Waals surface area contributed by atoms with E-state index in [0.29, 0.717) is 6.42 Å². The fourth-order valence-electron chi connectivity index (χ4n) is 2.14. The molecule has 1 aromatic heterocycles. The van der Waals surface area contributed by atoms with E-state index in [0.717, 1.165) is 36.3 Å². The number of carbonyl (C=O) groups is 1. The molecule has 20 heavy (non-hydrogen) atoms. The molecule has 0 saturated carbocycles. The lowest BCUT2D eigenvalue weighted by Gasteiger charge is -2.07. The maximum atomic E-state index is 11.8. The SMILES string of the molecule is CCCC(=O)c1ccc(NCc2cn[nH]c2CC)cc1. The smallest absolute Gasteiger partial charge is 0.162 e. The normalized spacial score (nSPS) is 10.5. The molecule has 2 aromatic rings. The van der Waals surface area contributed by atoms with Crippen LogP contribution in [0.3, 0.4) is 0 Å². The molecular weight excluding hydrogens is 250 g/mol. The molecule has 0 atom stereocenters. The van der Waals surface area contributed by atoms with E-state index in [1.54, 1.807) is 0 Å². The minimum absolute atomic E-state index is 0.210. The van der Waals surface area contributed by atoms with E-state index in [9.17, 15) is 4.79 Å². The predicted octanol–water partition coefficient (Wildman–Crippen LogP) is 3.57. The van der Waals surface area contributed by atoms with Crippen molar-refractivity contribution in [2.24, 2.45) is 0 Å². The van der Waals surface area contributed by atoms with Crippen molar-refractivity contribution in [1.29, 1.82) is 0 Å². The van der Waals surface area contributed by atoms with Gasteiger partial charge in [-0.3, -0.25) is 9.89 Å². The molecule has 0 bridgehead atoms. The zero-order chi connectivity index (χ0) is 14.4. The Labute approximate surface area is 119 Å². The van der Waals surface area contributed by atoms with Crippen molar-refractivity contribution >= 4 is 11.5 Å². The van der Waals surface area contributed by atoms with E-state index in [1.165, 1.54) is 5.56 Å². The standard InChI is InChI=1S/C16H21N3O/c1-3-5-16(20)12-6-8-14(9-7-12)17-10-13-11-18-19-15(13)4-2/h6-9,11,17H,3-5,10H2,1-2H3,(H,18,19). The molecule has 106 valence electrons. The number of hydrogen-bond donors (Lipinski definition) is 2. The van der Waals surface area contributed by atoms with Crippen LogP contribution in [0, 0.1) is 0 Å². The third-order valence-corrected chi connectivity index (χ3v) is 3.33. The Morgan fingerprint density at radius 1 is 1.25 bits per heavy atom. The number of aromatic nitrogens is 2. The summed E-state index contributed by atoms with van der Waals surface area (Å²) in [7, 11) is 0. The van der Waals surface area contributed by atoms with E-state index in [-0.39, 0.29) is 5.78 Å². The molecule has 0 amide bonds. The van der Waals surface area contributed by atoms with Crippen LogP contribution in [0.5, 0.6) is 0 Å². The van der Waals surface area contributed by atoms with Crippen LogP contribution in [0.15, 0.2) is 30.5 Å². The zero-order valence-electron chi connectivity index (χ0n) is 12.1. The van der Waals surface area contributed by atoms with E-state index < -0.39 is 0 Å². The van der Waals surface area contributed by atoms with E-state index in [2.05, 4.69) is 22.4 Å². The van der Waals surface area contributed by atoms with Crippen LogP contribution in [-0.4, -0.2) is 16.0 Å². The van der Waals surface area contributed by atoms with Crippen LogP contribution < -0.4 is 5.32 Å². The number of anilines is 1. The van der Waals surface area contributed by atoms with Crippen LogP contribution in [0.25, 0.3) is 0 Å². The van der Waals surface area contributed by atoms with Gasteiger partial charge in [-0.2, -0.15) is 5.10 Å². The molecule has 0 spiro atoms. The summed E-state index contributed by atoms with van der Waals surface area (Å²) in [6.45, 7) is 4.86. The Bertz CT molecular complexity index is 557. The van der Waals surface area contributed by atoms with Gasteiger partial charge in [0.1, 0.15) is 0 Å². The molecule has 0 fully saturated rings. The topological polar surface area (TPSA) is 57.8 Å². The summed E-state index contributed by atoms with van der Waals surface area (Å²) < 4.78 is 0. The number of carbonyl (C=O) groups excluding carboxylic acids is 1. The van der Waals surface area contributed by atoms with Crippen molar-refractivity contribution in [3.05, 3.63) is 47.3 Å². The van der Waals surface area contributed by atoms with E-state index in [4.69, 9.17) is 0 Å². The van der Waals surface area contributed by atoms with Gasteiger partial charge in [0.25, 0.3) is 0 Å². The second-order valence-electron chi connectivity index (χ2n) is 4.83. The fourth-order valence-corrected chi connectivity index (χ4v) is 2.14. The van der Waals surface area contributed by atoms with Gasteiger partial charge in [0.2, 0.25) is 0 Å². The first-order valence-corrected chi connectivity index (χ1v) is 7.12. The third kappa shape index (κ3) is 3.47. The van der Waals surface area contributed by atoms with E-state index in [1.807, 2.05) is 37.4 Å². The highest BCUT2D eigenvalue weighted by Crippen LogP contribution is 2.14. The van der Waals surface area contributed by atoms with Gasteiger partial charge in [-0.1, -0.05) is 13.8 Å². The minimum atomic E-state index is 0.210. The Balaban J connectivity index is 1.95. The number of aromatic amines is 1. The van der Waals surface area contributed by atoms with Crippen molar-refractivity contribution in [3.63, 3.8) is 0 Å². The summed E-state index contributed by atoms with van der Waals surface area (Å²) in [6.07, 6.45) is 4.30. The average molecular weight is 271 g/mol. The Morgan fingerprint density at radius 2 is 2.00 bits per heavy atom. The van der Waals surface area contributed by atoms with Gasteiger partial charge in [0.15, 0.2) is 5.78 Å². The number of benzene rings is 1. The van der Waals surface area contributed by atoms with Crippen LogP contribution in [0.2, 0.25) is 0 Å². The van der Waals surface area contributed by atoms with Crippen LogP contribution in [-0.2, 0) is 13.0 Å². The first kappa shape index (κ1) is 14.3. The molecule has 4 nitrogen and oxygen atoms in total. The first-order chi connectivity index (χ1) is 9.74. The number of ketones is 1. The minimum Gasteiger partial charge on any atom is -0.381 e. The number of H-pyrrole nitrogens is 1. The van der Waals surface area contributed by atoms with Gasteiger partial charge in [-0.25, -0.2) is 0 Å². The van der Waals surface area contributed by atoms with Crippen LogP contribution in [0.4, 0.5) is 5.69 Å². The lowest BCUT2D eigenvalue weighted by molar-refractivity contribution is 0.0982. The Morgan fingerprint density at radius 3 is 2.65 bits per heavy atom. The number of aryl methyl sites for hydroxylation is 1. The summed E-state index contributed by atoms with van der Waals surface area (Å²) in [5, 5.41) is 10.4. The summed E-state index contributed by atoms with van der Waals surface area (Å²) in [6, 6.07) is 7.68. The summed E-state index contributed by atoms with van der Waals surface area (Å²) in [4.78, 5) is 11.8. The number of nitrogens with one attached hydrogen (secondary N) is 2. The van der Waals surface area contributed by atoms with Crippen LogP contribution in [0.1, 0.15) is 48.3 Å². The fraction of sp³-hybridized carbons (Fsp3) is 0.375. The Kier molecular flexibility index (Phi) is 4.93. The second-order valence-corrected chi connectivity index (χ2v) is 4.83. The maximum absolute atomic E-state index is 11.8. The quantitative estimate of drug-likeness (QED) is 0.757. The average Bonchev–Trinajstić information content (AvgIpc) is 2.93. The molecule has 1 heterocycles. The van der Waals surface area contributed by atoms with Crippen molar-refractivity contribution < 1.29 is 4.79 Å². The van der Waals surface area contributed by atoms with Crippen molar-refractivity contribution in [2.75, 3.05) is 5.32 Å². The molecule has 2 N–H and O–H groups in total. The highest BCUT2D eigenvalue weighted by atomic mass is 16.1. The predicted molar refractivity (Wildman–Crippen MR) is 81.0 cm³/mol. The molecule has 4 heteroatoms. The van der Waals surface area contributed by atoms with E-state index >= 15 is 0 Å². The van der Waals surface area contributed by atoms with Gasteiger partial charge < -0.3 is 5.32 Å². The van der Waals surface area contributed by atoms with Gasteiger partial charge in [-0.05, 0) is 37.1 Å². The number of hydrogen-bond acceptors (Lipinski definition) is 3. The third-order valence-electron chi connectivity index (χ3n) is 3.33. The van der Waals surface area contributed by atoms with Crippen molar-refractivity contribution in [1.82, 2.24) is 10.2 Å². The molecule has 0 aliphatic heterocycles. The van der Waals surface area contributed by atoms with Gasteiger partial charge in [0, 0.05) is 35.5 Å². The lowest BCUT2D eigenvalue weighted by Crippen LogP contribution is -2.02. The van der Waals surface area contributed by atoms with Gasteiger partial charge >= 0.3 is 0 Å². The highest BCUT2D eigenvalue weighted by Gasteiger charge is 2.05. The van der Waals surface area contributed by atoms with Crippen molar-refractivity contribution in [2.45, 2.75) is 39.7 Å². The summed E-state index contributed by atoms with van der Waals surface area (Å²) >= 11 is 0. The first-order valence-electron chi connectivity index (χ1n) is 7.12. The van der Waals surface area contributed by atoms with Gasteiger partial charge in [-0.15, -0.1) is 0 Å². The molecule has 0 aliphatic carbocycles. The Hall–Kier alpha value is -2.10. The molecule has 0 aliphatic rings. The van der Waals surface area contributed by atoms with Crippen molar-refractivity contribution in [3.8, 4) is 0 Å². The monoisotopic (exact) mass is 271 g/mol. The summed E-state index contributed by atoms with van der Waals surface area (Å²) in [5.74, 6) is 0.210. The summed E-state index contributed by atoms with van der Waals surface area (Å²) in [5.41, 5.74) is 4.14. The molecule has 0 unspecified atom stereocenters. The van der Waals surface area contributed by atoms with Crippen LogP contribution >= 0.6 is 0 Å². The molecule has 0 saturated heterocycles. The zero-order valence-corrected chi connectivity index (χ0v) is 12.1. The van der Waals surface area contributed by atoms with Gasteiger partial charge in [0.05, 0.1) is 6.20 Å². The molecular formula is C16H21N3O. The molecule has 2 rings (SSSR count). The maximum Gasteiger partial charge on any atom is 0.162 e. The lowest BCUT2D eigenvalue weighted by atomic mass is 10.1. The largest absolute Gasteiger partial charge is 0.381 e. The number of rotatable bonds is 7. The molecule has 1 aromatic carbocycles. The molecule has 0 radical (unpaired) electrons. The number of nitrogens with zero attached hydrogens (tertiary/aromatic N) is 1. The number of Topliss-reactive ketones (excluding diaryl/α,β-unsaturated/α-hetero) is 1. The highest BCUT2D eigenvalue weighted by molar-refractivity contribution is 5.96.